The third-order valence-electron chi connectivity index (χ3n) is 3.34. The van der Waals surface area contributed by atoms with Crippen molar-refractivity contribution in [2.45, 2.75) is 6.92 Å². The number of ether oxygens (including phenoxy) is 1. The number of rotatable bonds is 3. The molecule has 3 aromatic rings. The van der Waals surface area contributed by atoms with Gasteiger partial charge in [0.25, 0.3) is 0 Å². The Morgan fingerprint density at radius 1 is 1.10 bits per heavy atom. The van der Waals surface area contributed by atoms with Crippen LogP contribution in [0.5, 0.6) is 5.75 Å². The lowest BCUT2D eigenvalue weighted by Gasteiger charge is -2.12. The van der Waals surface area contributed by atoms with Gasteiger partial charge in [0, 0.05) is 11.8 Å². The number of nitrogens with one attached hydrogen (secondary N) is 1. The second kappa shape index (κ2) is 5.38. The SMILES string of the molecule is COc1ccc2ccccc2c1-c1nc(C)cc(NN)n1. The third-order valence-corrected chi connectivity index (χ3v) is 3.34. The van der Waals surface area contributed by atoms with Crippen LogP contribution >= 0.6 is 0 Å². The highest BCUT2D eigenvalue weighted by molar-refractivity contribution is 5.98. The molecular weight excluding hydrogens is 264 g/mol. The molecule has 106 valence electrons. The maximum Gasteiger partial charge on any atom is 0.166 e. The van der Waals surface area contributed by atoms with Crippen molar-refractivity contribution in [3.05, 3.63) is 48.2 Å². The number of aromatic nitrogens is 2. The van der Waals surface area contributed by atoms with Crippen molar-refractivity contribution in [3.8, 4) is 17.1 Å². The number of nitrogens with two attached hydrogens (primary N) is 1. The maximum absolute atomic E-state index is 5.49. The minimum absolute atomic E-state index is 0.576. The Bertz CT molecular complexity index is 801. The molecule has 0 fully saturated rings. The molecule has 1 heterocycles. The number of nitrogens with zero attached hydrogens (tertiary/aromatic N) is 2. The lowest BCUT2D eigenvalue weighted by molar-refractivity contribution is 0.416. The molecule has 0 saturated carbocycles. The molecule has 0 amide bonds. The van der Waals surface area contributed by atoms with Crippen LogP contribution in [-0.2, 0) is 0 Å². The van der Waals surface area contributed by atoms with Crippen LogP contribution in [0.1, 0.15) is 5.69 Å². The van der Waals surface area contributed by atoms with Gasteiger partial charge in [0.1, 0.15) is 11.6 Å². The summed E-state index contributed by atoms with van der Waals surface area (Å²) in [5, 5.41) is 2.16. The number of hydrazine groups is 1. The van der Waals surface area contributed by atoms with E-state index in [2.05, 4.69) is 21.5 Å². The van der Waals surface area contributed by atoms with E-state index in [9.17, 15) is 0 Å². The maximum atomic E-state index is 5.49. The lowest BCUT2D eigenvalue weighted by Crippen LogP contribution is -2.10. The lowest BCUT2D eigenvalue weighted by atomic mass is 10.0. The van der Waals surface area contributed by atoms with E-state index in [1.807, 2.05) is 37.3 Å². The molecule has 0 aliphatic rings. The quantitative estimate of drug-likeness (QED) is 0.570. The van der Waals surface area contributed by atoms with Crippen LogP contribution in [0, 0.1) is 6.92 Å². The van der Waals surface area contributed by atoms with Crippen molar-refractivity contribution >= 4 is 16.6 Å². The number of hydrogen-bond acceptors (Lipinski definition) is 5. The van der Waals surface area contributed by atoms with E-state index in [-0.39, 0.29) is 0 Å². The Hall–Kier alpha value is -2.66. The van der Waals surface area contributed by atoms with Gasteiger partial charge in [0.05, 0.1) is 12.7 Å². The molecule has 1 aromatic heterocycles. The Morgan fingerprint density at radius 2 is 1.90 bits per heavy atom. The number of anilines is 1. The third kappa shape index (κ3) is 2.39. The average Bonchev–Trinajstić information content (AvgIpc) is 2.53. The van der Waals surface area contributed by atoms with E-state index < -0.39 is 0 Å². The van der Waals surface area contributed by atoms with Crippen LogP contribution in [0.15, 0.2) is 42.5 Å². The van der Waals surface area contributed by atoms with Crippen LogP contribution in [0.25, 0.3) is 22.2 Å². The molecule has 0 atom stereocenters. The minimum atomic E-state index is 0.576. The van der Waals surface area contributed by atoms with Gasteiger partial charge in [0.2, 0.25) is 0 Å². The molecule has 3 N–H and O–H groups in total. The molecule has 0 unspecified atom stereocenters. The summed E-state index contributed by atoms with van der Waals surface area (Å²) in [5.74, 6) is 7.39. The predicted molar refractivity (Wildman–Crippen MR) is 84.1 cm³/mol. The van der Waals surface area contributed by atoms with E-state index >= 15 is 0 Å². The summed E-state index contributed by atoms with van der Waals surface area (Å²) < 4.78 is 5.49. The average molecular weight is 280 g/mol. The summed E-state index contributed by atoms with van der Waals surface area (Å²) in [6.45, 7) is 1.91. The standard InChI is InChI=1S/C16H16N4O/c1-10-9-14(20-17)19-16(18-10)15-12-6-4-3-5-11(12)7-8-13(15)21-2/h3-9H,17H2,1-2H3,(H,18,19,20). The topological polar surface area (TPSA) is 73.1 Å². The van der Waals surface area contributed by atoms with Gasteiger partial charge in [0.15, 0.2) is 5.82 Å². The summed E-state index contributed by atoms with van der Waals surface area (Å²) in [7, 11) is 1.64. The van der Waals surface area contributed by atoms with Crippen molar-refractivity contribution in [1.29, 1.82) is 0 Å². The van der Waals surface area contributed by atoms with Gasteiger partial charge < -0.3 is 10.2 Å². The zero-order chi connectivity index (χ0) is 14.8. The highest BCUT2D eigenvalue weighted by Crippen LogP contribution is 2.35. The summed E-state index contributed by atoms with van der Waals surface area (Å²) in [6.07, 6.45) is 0. The molecule has 5 heteroatoms. The first-order valence-corrected chi connectivity index (χ1v) is 6.61. The second-order valence-corrected chi connectivity index (χ2v) is 4.73. The molecule has 3 rings (SSSR count). The molecule has 0 aliphatic heterocycles. The van der Waals surface area contributed by atoms with Crippen molar-refractivity contribution in [1.82, 2.24) is 9.97 Å². The monoisotopic (exact) mass is 280 g/mol. The summed E-state index contributed by atoms with van der Waals surface area (Å²) in [5.41, 5.74) is 4.28. The molecule has 0 spiro atoms. The first-order chi connectivity index (χ1) is 10.2. The fourth-order valence-electron chi connectivity index (χ4n) is 2.41. The number of aryl methyl sites for hydroxylation is 1. The highest BCUT2D eigenvalue weighted by atomic mass is 16.5. The van der Waals surface area contributed by atoms with Gasteiger partial charge >= 0.3 is 0 Å². The molecule has 0 bridgehead atoms. The smallest absolute Gasteiger partial charge is 0.166 e. The molecule has 0 saturated heterocycles. The fourth-order valence-corrected chi connectivity index (χ4v) is 2.41. The van der Waals surface area contributed by atoms with Crippen molar-refractivity contribution in [2.75, 3.05) is 12.5 Å². The number of hydrogen-bond donors (Lipinski definition) is 2. The number of methoxy groups -OCH3 is 1. The van der Waals surface area contributed by atoms with Crippen LogP contribution in [0.2, 0.25) is 0 Å². The van der Waals surface area contributed by atoms with Crippen molar-refractivity contribution in [3.63, 3.8) is 0 Å². The second-order valence-electron chi connectivity index (χ2n) is 4.73. The molecule has 0 radical (unpaired) electrons. The van der Waals surface area contributed by atoms with E-state index in [0.717, 1.165) is 27.8 Å². The predicted octanol–water partition coefficient (Wildman–Crippen LogP) is 2.90. The van der Waals surface area contributed by atoms with Gasteiger partial charge in [-0.05, 0) is 23.8 Å². The Morgan fingerprint density at radius 3 is 2.67 bits per heavy atom. The minimum Gasteiger partial charge on any atom is -0.496 e. The zero-order valence-corrected chi connectivity index (χ0v) is 11.9. The van der Waals surface area contributed by atoms with Gasteiger partial charge in [-0.2, -0.15) is 0 Å². The van der Waals surface area contributed by atoms with Crippen LogP contribution < -0.4 is 16.0 Å². The van der Waals surface area contributed by atoms with Gasteiger partial charge in [-0.3, -0.25) is 0 Å². The summed E-state index contributed by atoms with van der Waals surface area (Å²) >= 11 is 0. The van der Waals surface area contributed by atoms with E-state index in [0.29, 0.717) is 11.6 Å². The van der Waals surface area contributed by atoms with Gasteiger partial charge in [-0.25, -0.2) is 15.8 Å². The van der Waals surface area contributed by atoms with Gasteiger partial charge in [-0.15, -0.1) is 0 Å². The van der Waals surface area contributed by atoms with Crippen LogP contribution in [0.4, 0.5) is 5.82 Å². The van der Waals surface area contributed by atoms with E-state index in [1.54, 1.807) is 13.2 Å². The first-order valence-electron chi connectivity index (χ1n) is 6.61. The highest BCUT2D eigenvalue weighted by Gasteiger charge is 2.14. The van der Waals surface area contributed by atoms with Crippen molar-refractivity contribution < 1.29 is 4.74 Å². The Kier molecular flexibility index (Phi) is 3.41. The zero-order valence-electron chi connectivity index (χ0n) is 11.9. The number of benzene rings is 2. The van der Waals surface area contributed by atoms with Crippen LogP contribution in [-0.4, -0.2) is 17.1 Å². The molecule has 21 heavy (non-hydrogen) atoms. The molecular formula is C16H16N4O. The largest absolute Gasteiger partial charge is 0.496 e. The summed E-state index contributed by atoms with van der Waals surface area (Å²) in [4.78, 5) is 8.98. The van der Waals surface area contributed by atoms with E-state index in [1.165, 1.54) is 0 Å². The number of fused-ring (bicyclic) bond motifs is 1. The summed E-state index contributed by atoms with van der Waals surface area (Å²) in [6, 6.07) is 13.8. The van der Waals surface area contributed by atoms with E-state index in [4.69, 9.17) is 10.6 Å². The van der Waals surface area contributed by atoms with Crippen LogP contribution in [0.3, 0.4) is 0 Å². The fraction of sp³-hybridized carbons (Fsp3) is 0.125. The van der Waals surface area contributed by atoms with Crippen molar-refractivity contribution in [2.24, 2.45) is 5.84 Å². The van der Waals surface area contributed by atoms with Gasteiger partial charge in [-0.1, -0.05) is 30.3 Å². The molecule has 2 aromatic carbocycles. The normalized spacial score (nSPS) is 10.6. The number of nitrogen functional groups attached to an aromatic ring is 1. The molecule has 0 aliphatic carbocycles. The molecule has 5 nitrogen and oxygen atoms in total. The Labute approximate surface area is 122 Å². The Balaban J connectivity index is 2.35. The first kappa shape index (κ1) is 13.3.